The van der Waals surface area contributed by atoms with Crippen LogP contribution < -0.4 is 15.5 Å². The monoisotopic (exact) mass is 506 g/mol. The number of para-hydroxylation sites is 1. The summed E-state index contributed by atoms with van der Waals surface area (Å²) in [4.78, 5) is 0. The first-order chi connectivity index (χ1) is 15.7. The molecule has 7 heteroatoms. The Bertz CT molecular complexity index is 1210. The molecule has 2 N–H and O–H groups in total. The Balaban J connectivity index is 1.36. The molecule has 1 heterocycles. The van der Waals surface area contributed by atoms with E-state index in [1.54, 1.807) is 6.21 Å². The fraction of sp³-hybridized carbons (Fsp3) is 0.120. The van der Waals surface area contributed by atoms with Crippen molar-refractivity contribution in [2.24, 2.45) is 5.10 Å². The summed E-state index contributed by atoms with van der Waals surface area (Å²) in [6, 6.07) is 26.2. The van der Waals surface area contributed by atoms with Gasteiger partial charge in [-0.25, -0.2) is 0 Å². The summed E-state index contributed by atoms with van der Waals surface area (Å²) in [5, 5.41) is 9.09. The highest BCUT2D eigenvalue weighted by Crippen LogP contribution is 2.20. The van der Waals surface area contributed by atoms with Gasteiger partial charge < -0.3 is 14.6 Å². The van der Waals surface area contributed by atoms with E-state index in [2.05, 4.69) is 54.7 Å². The minimum absolute atomic E-state index is 0.483. The minimum Gasteiger partial charge on any atom is -0.492 e. The second-order valence-corrected chi connectivity index (χ2v) is 8.46. The van der Waals surface area contributed by atoms with Crippen LogP contribution in [0.3, 0.4) is 0 Å². The third kappa shape index (κ3) is 5.96. The van der Waals surface area contributed by atoms with E-state index in [0.717, 1.165) is 38.8 Å². The maximum absolute atomic E-state index is 5.89. The third-order valence-corrected chi connectivity index (χ3v) is 5.66. The van der Waals surface area contributed by atoms with Gasteiger partial charge in [0, 0.05) is 33.7 Å². The van der Waals surface area contributed by atoms with Gasteiger partial charge in [0.25, 0.3) is 0 Å². The molecule has 0 aliphatic heterocycles. The normalized spacial score (nSPS) is 11.0. The van der Waals surface area contributed by atoms with E-state index in [1.165, 1.54) is 0 Å². The van der Waals surface area contributed by atoms with Crippen molar-refractivity contribution in [1.82, 2.24) is 15.3 Å². The fourth-order valence-electron chi connectivity index (χ4n) is 3.33. The van der Waals surface area contributed by atoms with Gasteiger partial charge in [-0.1, -0.05) is 64.5 Å². The Hall–Kier alpha value is -3.16. The number of fused-ring (bicyclic) bond motifs is 1. The number of hydrazone groups is 1. The molecule has 0 aliphatic carbocycles. The Kier molecular flexibility index (Phi) is 7.53. The summed E-state index contributed by atoms with van der Waals surface area (Å²) in [7, 11) is 0. The smallest absolute Gasteiger partial charge is 0.187 e. The first kappa shape index (κ1) is 22.0. The molecule has 1 aromatic heterocycles. The van der Waals surface area contributed by atoms with Crippen molar-refractivity contribution in [3.63, 3.8) is 0 Å². The van der Waals surface area contributed by atoms with Gasteiger partial charge in [0.1, 0.15) is 12.4 Å². The highest BCUT2D eigenvalue weighted by atomic mass is 79.9. The molecular formula is C25H23BrN4OS. The van der Waals surface area contributed by atoms with Crippen LogP contribution in [0.1, 0.15) is 11.1 Å². The molecule has 0 radical (unpaired) electrons. The number of hydrogen-bond donors (Lipinski definition) is 2. The van der Waals surface area contributed by atoms with Gasteiger partial charge in [-0.15, -0.1) is 0 Å². The lowest BCUT2D eigenvalue weighted by molar-refractivity contribution is 0.300. The molecule has 32 heavy (non-hydrogen) atoms. The number of rotatable bonds is 8. The van der Waals surface area contributed by atoms with Crippen LogP contribution in [0.4, 0.5) is 0 Å². The Morgan fingerprint density at radius 1 is 1.00 bits per heavy atom. The molecule has 3 aromatic carbocycles. The Morgan fingerprint density at radius 2 is 1.75 bits per heavy atom. The van der Waals surface area contributed by atoms with Gasteiger partial charge in [0.2, 0.25) is 0 Å². The number of nitrogens with zero attached hydrogens (tertiary/aromatic N) is 2. The average Bonchev–Trinajstić information content (AvgIpc) is 3.17. The van der Waals surface area contributed by atoms with Crippen LogP contribution in [0.25, 0.3) is 10.9 Å². The Labute approximate surface area is 201 Å². The predicted molar refractivity (Wildman–Crippen MR) is 138 cm³/mol. The summed E-state index contributed by atoms with van der Waals surface area (Å²) in [5.74, 6) is 0.854. The lowest BCUT2D eigenvalue weighted by Gasteiger charge is -2.08. The van der Waals surface area contributed by atoms with Crippen LogP contribution in [0.5, 0.6) is 5.75 Å². The SMILES string of the molecule is S=C(NCc1ccccc1)NN=Cc1cn(CCOc2ccc(Br)cc2)c2ccccc12. The van der Waals surface area contributed by atoms with E-state index in [9.17, 15) is 0 Å². The van der Waals surface area contributed by atoms with Crippen molar-refractivity contribution in [3.05, 3.63) is 101 Å². The molecule has 0 fully saturated rings. The zero-order chi connectivity index (χ0) is 22.2. The minimum atomic E-state index is 0.483. The zero-order valence-corrected chi connectivity index (χ0v) is 19.8. The molecule has 0 amide bonds. The number of ether oxygens (including phenoxy) is 1. The van der Waals surface area contributed by atoms with E-state index in [0.29, 0.717) is 18.3 Å². The highest BCUT2D eigenvalue weighted by molar-refractivity contribution is 9.10. The van der Waals surface area contributed by atoms with Crippen LogP contribution in [0.2, 0.25) is 0 Å². The van der Waals surface area contributed by atoms with Gasteiger partial charge >= 0.3 is 0 Å². The molecule has 5 nitrogen and oxygen atoms in total. The van der Waals surface area contributed by atoms with Crippen molar-refractivity contribution < 1.29 is 4.74 Å². The van der Waals surface area contributed by atoms with Crippen LogP contribution in [0, 0.1) is 0 Å². The summed E-state index contributed by atoms with van der Waals surface area (Å²) < 4.78 is 9.10. The summed E-state index contributed by atoms with van der Waals surface area (Å²) in [5.41, 5.74) is 6.21. The molecular weight excluding hydrogens is 484 g/mol. The van der Waals surface area contributed by atoms with Crippen molar-refractivity contribution in [3.8, 4) is 5.75 Å². The molecule has 0 saturated heterocycles. The summed E-state index contributed by atoms with van der Waals surface area (Å²) in [6.07, 6.45) is 3.88. The van der Waals surface area contributed by atoms with E-state index in [-0.39, 0.29) is 0 Å². The van der Waals surface area contributed by atoms with Crippen molar-refractivity contribution in [2.75, 3.05) is 6.61 Å². The second-order valence-electron chi connectivity index (χ2n) is 7.14. The molecule has 0 aliphatic rings. The highest BCUT2D eigenvalue weighted by Gasteiger charge is 2.07. The lowest BCUT2D eigenvalue weighted by atomic mass is 10.2. The molecule has 4 aromatic rings. The maximum Gasteiger partial charge on any atom is 0.187 e. The largest absolute Gasteiger partial charge is 0.492 e. The molecule has 162 valence electrons. The zero-order valence-electron chi connectivity index (χ0n) is 17.4. The van der Waals surface area contributed by atoms with Gasteiger partial charge in [-0.05, 0) is 48.1 Å². The molecule has 0 bridgehead atoms. The summed E-state index contributed by atoms with van der Waals surface area (Å²) >= 11 is 8.76. The molecule has 4 rings (SSSR count). The maximum atomic E-state index is 5.89. The van der Waals surface area contributed by atoms with E-state index in [4.69, 9.17) is 17.0 Å². The standard InChI is InChI=1S/C25H23BrN4OS/c26-21-10-12-22(13-11-21)31-15-14-30-18-20(23-8-4-5-9-24(23)30)17-28-29-25(32)27-16-19-6-2-1-3-7-19/h1-13,17-18H,14-16H2,(H2,27,29,32). The van der Waals surface area contributed by atoms with Crippen LogP contribution >= 0.6 is 28.1 Å². The van der Waals surface area contributed by atoms with Gasteiger partial charge in [0.05, 0.1) is 12.8 Å². The lowest BCUT2D eigenvalue weighted by Crippen LogP contribution is -2.31. The van der Waals surface area contributed by atoms with E-state index in [1.807, 2.05) is 66.7 Å². The Morgan fingerprint density at radius 3 is 2.56 bits per heavy atom. The van der Waals surface area contributed by atoms with Crippen LogP contribution in [-0.4, -0.2) is 22.5 Å². The molecule has 0 spiro atoms. The van der Waals surface area contributed by atoms with Crippen LogP contribution in [0.15, 0.2) is 94.6 Å². The van der Waals surface area contributed by atoms with Crippen molar-refractivity contribution in [2.45, 2.75) is 13.1 Å². The number of benzene rings is 3. The quantitative estimate of drug-likeness (QED) is 0.188. The number of halogens is 1. The molecule has 0 atom stereocenters. The number of thiocarbonyl (C=S) groups is 1. The van der Waals surface area contributed by atoms with Crippen LogP contribution in [-0.2, 0) is 13.1 Å². The predicted octanol–water partition coefficient (Wildman–Crippen LogP) is 5.48. The number of hydrogen-bond acceptors (Lipinski definition) is 3. The second kappa shape index (κ2) is 10.9. The van der Waals surface area contributed by atoms with Crippen molar-refractivity contribution in [1.29, 1.82) is 0 Å². The third-order valence-electron chi connectivity index (χ3n) is 4.90. The number of nitrogens with one attached hydrogen (secondary N) is 2. The fourth-order valence-corrected chi connectivity index (χ4v) is 3.72. The van der Waals surface area contributed by atoms with Crippen molar-refractivity contribution >= 4 is 50.4 Å². The average molecular weight is 507 g/mol. The summed E-state index contributed by atoms with van der Waals surface area (Å²) in [6.45, 7) is 1.96. The first-order valence-electron chi connectivity index (χ1n) is 10.3. The van der Waals surface area contributed by atoms with Gasteiger partial charge in [-0.3, -0.25) is 5.43 Å². The first-order valence-corrected chi connectivity index (χ1v) is 11.5. The topological polar surface area (TPSA) is 50.6 Å². The van der Waals surface area contributed by atoms with Gasteiger partial charge in [-0.2, -0.15) is 5.10 Å². The van der Waals surface area contributed by atoms with E-state index < -0.39 is 0 Å². The van der Waals surface area contributed by atoms with Gasteiger partial charge in [0.15, 0.2) is 5.11 Å². The number of aromatic nitrogens is 1. The van der Waals surface area contributed by atoms with E-state index >= 15 is 0 Å². The molecule has 0 saturated carbocycles. The molecule has 0 unspecified atom stereocenters.